The van der Waals surface area contributed by atoms with Gasteiger partial charge >= 0.3 is 0 Å². The molecule has 1 aromatic heterocycles. The number of carbonyl (C=O) groups excluding carboxylic acids is 1. The predicted octanol–water partition coefficient (Wildman–Crippen LogP) is 4.64. The number of carbonyl (C=O) groups is 1. The van der Waals surface area contributed by atoms with E-state index in [9.17, 15) is 9.18 Å². The summed E-state index contributed by atoms with van der Waals surface area (Å²) in [6.45, 7) is 3.76. The van der Waals surface area contributed by atoms with Gasteiger partial charge in [-0.15, -0.1) is 10.2 Å². The summed E-state index contributed by atoms with van der Waals surface area (Å²) in [7, 11) is 0. The highest BCUT2D eigenvalue weighted by Gasteiger charge is 2.18. The van der Waals surface area contributed by atoms with Gasteiger partial charge in [0.1, 0.15) is 0 Å². The third-order valence-electron chi connectivity index (χ3n) is 3.88. The number of thioether (sulfide) groups is 1. The highest BCUT2D eigenvalue weighted by molar-refractivity contribution is 7.99. The number of aromatic nitrogens is 2. The smallest absolute Gasteiger partial charge is 0.277 e. The first-order chi connectivity index (χ1) is 13.5. The van der Waals surface area contributed by atoms with Crippen molar-refractivity contribution in [3.05, 3.63) is 65.8 Å². The van der Waals surface area contributed by atoms with Gasteiger partial charge in [0.2, 0.25) is 5.91 Å². The summed E-state index contributed by atoms with van der Waals surface area (Å²) in [6, 6.07) is 13.8. The molecule has 28 heavy (non-hydrogen) atoms. The van der Waals surface area contributed by atoms with Crippen molar-refractivity contribution in [3.63, 3.8) is 0 Å². The van der Waals surface area contributed by atoms with Crippen LogP contribution in [0.3, 0.4) is 0 Å². The van der Waals surface area contributed by atoms with Crippen molar-refractivity contribution in [1.29, 1.82) is 0 Å². The number of benzene rings is 2. The number of nitrogens with zero attached hydrogens (tertiary/aromatic N) is 2. The summed E-state index contributed by atoms with van der Waals surface area (Å²) in [5, 5.41) is 10.9. The number of ether oxygens (including phenoxy) is 1. The van der Waals surface area contributed by atoms with Crippen LogP contribution in [0.2, 0.25) is 0 Å². The van der Waals surface area contributed by atoms with Crippen LogP contribution in [0.1, 0.15) is 31.4 Å². The van der Waals surface area contributed by atoms with Crippen LogP contribution in [0.5, 0.6) is 5.75 Å². The van der Waals surface area contributed by atoms with Gasteiger partial charge in [-0.2, -0.15) is 0 Å². The van der Waals surface area contributed by atoms with E-state index >= 15 is 0 Å². The number of halogens is 1. The molecular formula is C20H20FN3O3S. The zero-order chi connectivity index (χ0) is 19.9. The van der Waals surface area contributed by atoms with Crippen LogP contribution < -0.4 is 10.1 Å². The molecular weight excluding hydrogens is 381 g/mol. The van der Waals surface area contributed by atoms with E-state index in [2.05, 4.69) is 22.4 Å². The molecule has 3 aromatic rings. The summed E-state index contributed by atoms with van der Waals surface area (Å²) in [6.07, 6.45) is 0.326. The average molecular weight is 401 g/mol. The molecule has 0 radical (unpaired) electrons. The van der Waals surface area contributed by atoms with E-state index in [0.29, 0.717) is 0 Å². The van der Waals surface area contributed by atoms with Crippen molar-refractivity contribution in [1.82, 2.24) is 10.2 Å². The second-order valence-electron chi connectivity index (χ2n) is 5.98. The molecule has 1 heterocycles. The third kappa shape index (κ3) is 5.32. The van der Waals surface area contributed by atoms with E-state index in [1.807, 2.05) is 24.3 Å². The molecule has 0 fully saturated rings. The van der Waals surface area contributed by atoms with Gasteiger partial charge in [0.05, 0.1) is 5.75 Å². The molecule has 0 saturated heterocycles. The second kappa shape index (κ2) is 9.36. The van der Waals surface area contributed by atoms with Crippen LogP contribution in [0.25, 0.3) is 0 Å². The lowest BCUT2D eigenvalue weighted by molar-refractivity contribution is -0.113. The van der Waals surface area contributed by atoms with E-state index in [1.165, 1.54) is 17.7 Å². The molecule has 2 aromatic carbocycles. The SMILES string of the molecule is CCc1ccc(NC(=O)CSc2nnc([C@H](C)Oc3ccccc3F)o2)cc1. The number of para-hydroxylation sites is 1. The number of amides is 1. The molecule has 0 spiro atoms. The largest absolute Gasteiger partial charge is 0.478 e. The topological polar surface area (TPSA) is 77.2 Å². The molecule has 0 unspecified atom stereocenters. The molecule has 0 aliphatic heterocycles. The standard InChI is InChI=1S/C20H20FN3O3S/c1-3-14-8-10-15(11-9-14)22-18(25)12-28-20-24-23-19(27-20)13(2)26-17-7-5-4-6-16(17)21/h4-11,13H,3,12H2,1-2H3,(H,22,25)/t13-/m0/s1. The van der Waals surface area contributed by atoms with E-state index in [0.717, 1.165) is 23.9 Å². The minimum absolute atomic E-state index is 0.107. The first-order valence-electron chi connectivity index (χ1n) is 8.81. The first-order valence-corrected chi connectivity index (χ1v) is 9.80. The summed E-state index contributed by atoms with van der Waals surface area (Å²) < 4.78 is 24.7. The summed E-state index contributed by atoms with van der Waals surface area (Å²) in [5.74, 6) is -0.200. The molecule has 3 rings (SSSR count). The molecule has 0 aliphatic carbocycles. The maximum atomic E-state index is 13.7. The normalized spacial score (nSPS) is 11.8. The van der Waals surface area contributed by atoms with Gasteiger partial charge in [0.25, 0.3) is 11.1 Å². The Hall–Kier alpha value is -2.87. The van der Waals surface area contributed by atoms with Crippen molar-refractivity contribution in [2.75, 3.05) is 11.1 Å². The minimum atomic E-state index is -0.621. The van der Waals surface area contributed by atoms with Crippen LogP contribution in [0.4, 0.5) is 10.1 Å². The lowest BCUT2D eigenvalue weighted by Gasteiger charge is -2.11. The van der Waals surface area contributed by atoms with Crippen LogP contribution in [-0.2, 0) is 11.2 Å². The average Bonchev–Trinajstić information content (AvgIpc) is 3.18. The molecule has 1 N–H and O–H groups in total. The number of aryl methyl sites for hydroxylation is 1. The predicted molar refractivity (Wildman–Crippen MR) is 105 cm³/mol. The lowest BCUT2D eigenvalue weighted by atomic mass is 10.1. The van der Waals surface area contributed by atoms with Crippen molar-refractivity contribution in [2.45, 2.75) is 31.6 Å². The molecule has 146 valence electrons. The Morgan fingerprint density at radius 3 is 2.68 bits per heavy atom. The highest BCUT2D eigenvalue weighted by Crippen LogP contribution is 2.25. The number of rotatable bonds is 8. The Kier molecular flexibility index (Phi) is 6.65. The Balaban J connectivity index is 1.51. The monoisotopic (exact) mass is 401 g/mol. The van der Waals surface area contributed by atoms with E-state index in [-0.39, 0.29) is 28.5 Å². The summed E-state index contributed by atoms with van der Waals surface area (Å²) in [5.41, 5.74) is 1.94. The van der Waals surface area contributed by atoms with E-state index in [4.69, 9.17) is 9.15 Å². The zero-order valence-corrected chi connectivity index (χ0v) is 16.3. The van der Waals surface area contributed by atoms with Crippen LogP contribution in [0.15, 0.2) is 58.2 Å². The number of hydrogen-bond acceptors (Lipinski definition) is 6. The van der Waals surface area contributed by atoms with Gasteiger partial charge in [-0.1, -0.05) is 43.0 Å². The van der Waals surface area contributed by atoms with Crippen molar-refractivity contribution in [3.8, 4) is 5.75 Å². The molecule has 0 saturated carbocycles. The maximum Gasteiger partial charge on any atom is 0.277 e. The fourth-order valence-corrected chi connectivity index (χ4v) is 2.94. The van der Waals surface area contributed by atoms with Crippen molar-refractivity contribution >= 4 is 23.4 Å². The van der Waals surface area contributed by atoms with E-state index < -0.39 is 11.9 Å². The summed E-state index contributed by atoms with van der Waals surface area (Å²) in [4.78, 5) is 12.1. The Bertz CT molecular complexity index is 930. The highest BCUT2D eigenvalue weighted by atomic mass is 32.2. The number of anilines is 1. The molecule has 6 nitrogen and oxygen atoms in total. The molecule has 0 bridgehead atoms. The Morgan fingerprint density at radius 2 is 1.96 bits per heavy atom. The lowest BCUT2D eigenvalue weighted by Crippen LogP contribution is -2.13. The number of nitrogens with one attached hydrogen (secondary N) is 1. The quantitative estimate of drug-likeness (QED) is 0.554. The Morgan fingerprint density at radius 1 is 1.21 bits per heavy atom. The fraction of sp³-hybridized carbons (Fsp3) is 0.250. The third-order valence-corrected chi connectivity index (χ3v) is 4.70. The molecule has 0 aliphatic rings. The van der Waals surface area contributed by atoms with Gasteiger partial charge in [0.15, 0.2) is 17.7 Å². The maximum absolute atomic E-state index is 13.7. The van der Waals surface area contributed by atoms with Gasteiger partial charge in [-0.25, -0.2) is 4.39 Å². The first kappa shape index (κ1) is 19.9. The van der Waals surface area contributed by atoms with Gasteiger partial charge in [-0.3, -0.25) is 4.79 Å². The second-order valence-corrected chi connectivity index (χ2v) is 6.91. The molecule has 1 atom stereocenters. The minimum Gasteiger partial charge on any atom is -0.478 e. The van der Waals surface area contributed by atoms with Crippen molar-refractivity contribution < 1.29 is 18.3 Å². The Labute approximate surface area is 166 Å². The van der Waals surface area contributed by atoms with Crippen LogP contribution >= 0.6 is 11.8 Å². The van der Waals surface area contributed by atoms with Gasteiger partial charge in [-0.05, 0) is 43.2 Å². The zero-order valence-electron chi connectivity index (χ0n) is 15.5. The van der Waals surface area contributed by atoms with Gasteiger partial charge < -0.3 is 14.5 Å². The number of hydrogen-bond donors (Lipinski definition) is 1. The summed E-state index contributed by atoms with van der Waals surface area (Å²) >= 11 is 1.12. The van der Waals surface area contributed by atoms with Gasteiger partial charge in [0, 0.05) is 5.69 Å². The fourth-order valence-electron chi connectivity index (χ4n) is 2.37. The van der Waals surface area contributed by atoms with Crippen LogP contribution in [0, 0.1) is 5.82 Å². The molecule has 8 heteroatoms. The van der Waals surface area contributed by atoms with Crippen LogP contribution in [-0.4, -0.2) is 21.9 Å². The van der Waals surface area contributed by atoms with E-state index in [1.54, 1.807) is 19.1 Å². The molecule has 1 amide bonds. The van der Waals surface area contributed by atoms with Crippen molar-refractivity contribution in [2.24, 2.45) is 0 Å².